The number of nitrogens with one attached hydrogen (secondary N) is 1. The number of hydrogen-bond donors (Lipinski definition) is 2. The van der Waals surface area contributed by atoms with E-state index in [-0.39, 0.29) is 24.8 Å². The Bertz CT molecular complexity index is 871. The van der Waals surface area contributed by atoms with Gasteiger partial charge in [0.25, 0.3) is 0 Å². The van der Waals surface area contributed by atoms with E-state index >= 15 is 0 Å². The van der Waals surface area contributed by atoms with E-state index in [4.69, 9.17) is 5.11 Å². The minimum Gasteiger partial charge on any atom is -0.396 e. The highest BCUT2D eigenvalue weighted by molar-refractivity contribution is 7.16. The Morgan fingerprint density at radius 2 is 2.04 bits per heavy atom. The standard InChI is InChI=1S/C20H21N3O3S/c21-12-16-15-8-10-23(19(26)9-11-24)13-17(15)27-20(16)22-18(25)7-6-14-4-2-1-3-5-14/h1-5,24H,6-11,13H2,(H,22,25). The van der Waals surface area contributed by atoms with Gasteiger partial charge in [-0.3, -0.25) is 9.59 Å². The van der Waals surface area contributed by atoms with E-state index in [0.29, 0.717) is 42.9 Å². The van der Waals surface area contributed by atoms with Crippen molar-refractivity contribution >= 4 is 28.2 Å². The lowest BCUT2D eigenvalue weighted by Gasteiger charge is -2.26. The van der Waals surface area contributed by atoms with Gasteiger partial charge in [0, 0.05) is 24.3 Å². The van der Waals surface area contributed by atoms with E-state index in [0.717, 1.165) is 16.0 Å². The maximum absolute atomic E-state index is 12.3. The molecule has 7 heteroatoms. The van der Waals surface area contributed by atoms with Crippen molar-refractivity contribution in [2.75, 3.05) is 18.5 Å². The molecule has 1 aliphatic heterocycles. The van der Waals surface area contributed by atoms with Crippen molar-refractivity contribution in [3.05, 3.63) is 51.9 Å². The van der Waals surface area contributed by atoms with Gasteiger partial charge >= 0.3 is 0 Å². The van der Waals surface area contributed by atoms with Crippen LogP contribution in [0.5, 0.6) is 0 Å². The summed E-state index contributed by atoms with van der Waals surface area (Å²) in [5.74, 6) is -0.217. The van der Waals surface area contributed by atoms with Crippen LogP contribution in [-0.2, 0) is 29.0 Å². The summed E-state index contributed by atoms with van der Waals surface area (Å²) in [5.41, 5.74) is 2.53. The molecule has 2 aromatic rings. The van der Waals surface area contributed by atoms with Gasteiger partial charge in [-0.15, -0.1) is 11.3 Å². The summed E-state index contributed by atoms with van der Waals surface area (Å²) in [5, 5.41) is 21.9. The lowest BCUT2D eigenvalue weighted by molar-refractivity contribution is -0.132. The summed E-state index contributed by atoms with van der Waals surface area (Å²) in [4.78, 5) is 26.9. The molecule has 27 heavy (non-hydrogen) atoms. The predicted molar refractivity (Wildman–Crippen MR) is 103 cm³/mol. The molecule has 2 heterocycles. The van der Waals surface area contributed by atoms with Gasteiger partial charge in [-0.05, 0) is 24.0 Å². The summed E-state index contributed by atoms with van der Waals surface area (Å²) in [6, 6.07) is 12.0. The predicted octanol–water partition coefficient (Wildman–Crippen LogP) is 2.46. The lowest BCUT2D eigenvalue weighted by Crippen LogP contribution is -2.35. The normalized spacial score (nSPS) is 13.0. The number of anilines is 1. The fourth-order valence-electron chi connectivity index (χ4n) is 3.17. The highest BCUT2D eigenvalue weighted by Crippen LogP contribution is 2.36. The van der Waals surface area contributed by atoms with Crippen molar-refractivity contribution in [1.29, 1.82) is 5.26 Å². The van der Waals surface area contributed by atoms with Crippen molar-refractivity contribution in [1.82, 2.24) is 4.90 Å². The number of aliphatic hydroxyl groups excluding tert-OH is 1. The molecule has 0 fully saturated rings. The SMILES string of the molecule is N#Cc1c(NC(=O)CCc2ccccc2)sc2c1CCN(C(=O)CCO)C2. The van der Waals surface area contributed by atoms with Crippen LogP contribution in [-0.4, -0.2) is 35.0 Å². The number of benzene rings is 1. The summed E-state index contributed by atoms with van der Waals surface area (Å²) < 4.78 is 0. The van der Waals surface area contributed by atoms with Crippen molar-refractivity contribution in [3.8, 4) is 6.07 Å². The van der Waals surface area contributed by atoms with Crippen molar-refractivity contribution in [2.24, 2.45) is 0 Å². The van der Waals surface area contributed by atoms with Crippen LogP contribution in [0.4, 0.5) is 5.00 Å². The van der Waals surface area contributed by atoms with Gasteiger partial charge in [0.15, 0.2) is 0 Å². The number of hydrogen-bond acceptors (Lipinski definition) is 5. The van der Waals surface area contributed by atoms with E-state index in [1.807, 2.05) is 30.3 Å². The number of carbonyl (C=O) groups excluding carboxylic acids is 2. The minimum absolute atomic E-state index is 0.0940. The zero-order valence-electron chi connectivity index (χ0n) is 14.9. The van der Waals surface area contributed by atoms with Crippen LogP contribution in [0, 0.1) is 11.3 Å². The Morgan fingerprint density at radius 3 is 2.74 bits per heavy atom. The first-order chi connectivity index (χ1) is 13.1. The average molecular weight is 383 g/mol. The molecule has 0 saturated heterocycles. The fourth-order valence-corrected chi connectivity index (χ4v) is 4.40. The van der Waals surface area contributed by atoms with E-state index in [1.54, 1.807) is 4.90 Å². The highest BCUT2D eigenvalue weighted by Gasteiger charge is 2.27. The van der Waals surface area contributed by atoms with Gasteiger partial charge in [0.1, 0.15) is 11.1 Å². The maximum Gasteiger partial charge on any atom is 0.225 e. The lowest BCUT2D eigenvalue weighted by atomic mass is 10.0. The number of aryl methyl sites for hydroxylation is 1. The number of amides is 2. The smallest absolute Gasteiger partial charge is 0.225 e. The number of rotatable bonds is 6. The van der Waals surface area contributed by atoms with Gasteiger partial charge in [0.05, 0.1) is 18.7 Å². The Hall–Kier alpha value is -2.69. The molecule has 1 aromatic carbocycles. The van der Waals surface area contributed by atoms with Crippen LogP contribution in [0.3, 0.4) is 0 Å². The number of nitrogens with zero attached hydrogens (tertiary/aromatic N) is 2. The topological polar surface area (TPSA) is 93.4 Å². The van der Waals surface area contributed by atoms with E-state index in [1.165, 1.54) is 11.3 Å². The molecule has 6 nitrogen and oxygen atoms in total. The van der Waals surface area contributed by atoms with Crippen LogP contribution >= 0.6 is 11.3 Å². The number of thiophene rings is 1. The summed E-state index contributed by atoms with van der Waals surface area (Å²) in [6.45, 7) is 0.783. The largest absolute Gasteiger partial charge is 0.396 e. The Morgan fingerprint density at radius 1 is 1.26 bits per heavy atom. The zero-order valence-corrected chi connectivity index (χ0v) is 15.7. The number of aliphatic hydroxyl groups is 1. The van der Waals surface area contributed by atoms with Gasteiger partial charge < -0.3 is 15.3 Å². The number of carbonyl (C=O) groups is 2. The third-order valence-corrected chi connectivity index (χ3v) is 5.72. The minimum atomic E-state index is -0.168. The maximum atomic E-state index is 12.3. The Kier molecular flexibility index (Phi) is 6.22. The highest BCUT2D eigenvalue weighted by atomic mass is 32.1. The molecule has 0 bridgehead atoms. The summed E-state index contributed by atoms with van der Waals surface area (Å²) in [6.07, 6.45) is 1.68. The Balaban J connectivity index is 1.67. The molecule has 0 saturated carbocycles. The van der Waals surface area contributed by atoms with Crippen molar-refractivity contribution < 1.29 is 14.7 Å². The number of fused-ring (bicyclic) bond motifs is 1. The molecule has 0 unspecified atom stereocenters. The first-order valence-electron chi connectivity index (χ1n) is 8.89. The van der Waals surface area contributed by atoms with E-state index < -0.39 is 0 Å². The summed E-state index contributed by atoms with van der Waals surface area (Å²) in [7, 11) is 0. The Labute approximate surface area is 162 Å². The quantitative estimate of drug-likeness (QED) is 0.801. The average Bonchev–Trinajstić information content (AvgIpc) is 3.03. The molecule has 1 aliphatic rings. The second kappa shape index (κ2) is 8.80. The first-order valence-corrected chi connectivity index (χ1v) is 9.71. The van der Waals surface area contributed by atoms with Crippen LogP contribution in [0.15, 0.2) is 30.3 Å². The molecule has 3 rings (SSSR count). The van der Waals surface area contributed by atoms with E-state index in [2.05, 4.69) is 11.4 Å². The molecule has 0 aliphatic carbocycles. The van der Waals surface area contributed by atoms with Crippen LogP contribution in [0.1, 0.15) is 34.4 Å². The summed E-state index contributed by atoms with van der Waals surface area (Å²) >= 11 is 1.36. The number of nitriles is 1. The second-order valence-corrected chi connectivity index (χ2v) is 7.50. The third kappa shape index (κ3) is 4.54. The van der Waals surface area contributed by atoms with Crippen LogP contribution < -0.4 is 5.32 Å². The van der Waals surface area contributed by atoms with Gasteiger partial charge in [0.2, 0.25) is 11.8 Å². The van der Waals surface area contributed by atoms with Gasteiger partial charge in [-0.25, -0.2) is 0 Å². The molecule has 0 radical (unpaired) electrons. The molecule has 2 N–H and O–H groups in total. The zero-order chi connectivity index (χ0) is 19.2. The monoisotopic (exact) mass is 383 g/mol. The molecular formula is C20H21N3O3S. The second-order valence-electron chi connectivity index (χ2n) is 6.39. The molecule has 0 atom stereocenters. The van der Waals surface area contributed by atoms with Gasteiger partial charge in [-0.2, -0.15) is 5.26 Å². The fraction of sp³-hybridized carbons (Fsp3) is 0.350. The van der Waals surface area contributed by atoms with Crippen LogP contribution in [0.2, 0.25) is 0 Å². The first kappa shape index (κ1) is 19.1. The molecular weight excluding hydrogens is 362 g/mol. The van der Waals surface area contributed by atoms with Gasteiger partial charge in [-0.1, -0.05) is 30.3 Å². The molecule has 2 amide bonds. The van der Waals surface area contributed by atoms with Crippen LogP contribution in [0.25, 0.3) is 0 Å². The van der Waals surface area contributed by atoms with Crippen molar-refractivity contribution in [2.45, 2.75) is 32.2 Å². The van der Waals surface area contributed by atoms with E-state index in [9.17, 15) is 14.9 Å². The molecule has 0 spiro atoms. The molecule has 1 aromatic heterocycles. The molecule has 140 valence electrons. The third-order valence-electron chi connectivity index (χ3n) is 4.58. The van der Waals surface area contributed by atoms with Crippen molar-refractivity contribution in [3.63, 3.8) is 0 Å².